The molecule has 0 aliphatic carbocycles. The lowest BCUT2D eigenvalue weighted by Gasteiger charge is -2.05. The molecular weight excluding hydrogens is 212 g/mol. The maximum absolute atomic E-state index is 11.6. The molecule has 2 aromatic rings. The van der Waals surface area contributed by atoms with Gasteiger partial charge in [-0.3, -0.25) is 9.36 Å². The summed E-state index contributed by atoms with van der Waals surface area (Å²) >= 11 is 5.84. The highest BCUT2D eigenvalue weighted by Crippen LogP contribution is 2.13. The summed E-state index contributed by atoms with van der Waals surface area (Å²) in [5.74, 6) is 0. The Morgan fingerprint density at radius 2 is 2.00 bits per heavy atom. The second-order valence-corrected chi connectivity index (χ2v) is 3.58. The van der Waals surface area contributed by atoms with Crippen LogP contribution in [0.3, 0.4) is 0 Å². The van der Waals surface area contributed by atoms with Gasteiger partial charge in [0.15, 0.2) is 0 Å². The highest BCUT2D eigenvalue weighted by Gasteiger charge is 1.99. The molecule has 1 aromatic carbocycles. The molecule has 3 nitrogen and oxygen atoms in total. The number of benzene rings is 1. The minimum Gasteiger partial charge on any atom is -0.399 e. The van der Waals surface area contributed by atoms with E-state index in [0.717, 1.165) is 5.69 Å². The average molecular weight is 221 g/mol. The number of hydrogen-bond donors (Lipinski definition) is 1. The van der Waals surface area contributed by atoms with Gasteiger partial charge >= 0.3 is 0 Å². The molecule has 0 unspecified atom stereocenters. The average Bonchev–Trinajstić information content (AvgIpc) is 2.17. The van der Waals surface area contributed by atoms with Crippen LogP contribution in [0, 0.1) is 0 Å². The third-order valence-corrected chi connectivity index (χ3v) is 2.27. The van der Waals surface area contributed by atoms with Gasteiger partial charge in [-0.05, 0) is 24.3 Å². The van der Waals surface area contributed by atoms with Crippen molar-refractivity contribution in [2.45, 2.75) is 0 Å². The summed E-state index contributed by atoms with van der Waals surface area (Å²) in [7, 11) is 0. The molecule has 0 aliphatic rings. The molecule has 0 amide bonds. The molecule has 0 bridgehead atoms. The van der Waals surface area contributed by atoms with Crippen LogP contribution >= 0.6 is 11.6 Å². The summed E-state index contributed by atoms with van der Waals surface area (Å²) in [5, 5.41) is 0.594. The quantitative estimate of drug-likeness (QED) is 0.800. The summed E-state index contributed by atoms with van der Waals surface area (Å²) in [6.07, 6.45) is 1.63. The molecule has 15 heavy (non-hydrogen) atoms. The topological polar surface area (TPSA) is 48.0 Å². The Balaban J connectivity index is 2.59. The van der Waals surface area contributed by atoms with Crippen molar-refractivity contribution in [2.24, 2.45) is 0 Å². The van der Waals surface area contributed by atoms with E-state index >= 15 is 0 Å². The molecule has 0 spiro atoms. The van der Waals surface area contributed by atoms with E-state index in [1.54, 1.807) is 30.5 Å². The Hall–Kier alpha value is -1.74. The van der Waals surface area contributed by atoms with Crippen molar-refractivity contribution in [3.63, 3.8) is 0 Å². The third-order valence-electron chi connectivity index (χ3n) is 2.03. The SMILES string of the molecule is Nc1ccn(-c2cccc(Cl)c2)c(=O)c1. The van der Waals surface area contributed by atoms with E-state index in [1.807, 2.05) is 6.07 Å². The molecule has 0 fully saturated rings. The molecule has 76 valence electrons. The molecule has 2 rings (SSSR count). The molecule has 1 heterocycles. The summed E-state index contributed by atoms with van der Waals surface area (Å²) < 4.78 is 1.49. The number of hydrogen-bond acceptors (Lipinski definition) is 2. The number of nitrogens with zero attached hydrogens (tertiary/aromatic N) is 1. The highest BCUT2D eigenvalue weighted by atomic mass is 35.5. The largest absolute Gasteiger partial charge is 0.399 e. The van der Waals surface area contributed by atoms with Crippen LogP contribution in [0.1, 0.15) is 0 Å². The van der Waals surface area contributed by atoms with Crippen molar-refractivity contribution >= 4 is 17.3 Å². The van der Waals surface area contributed by atoms with Crippen LogP contribution in [0.25, 0.3) is 5.69 Å². The molecule has 0 aliphatic heterocycles. The van der Waals surface area contributed by atoms with Crippen LogP contribution in [0.5, 0.6) is 0 Å². The van der Waals surface area contributed by atoms with Gasteiger partial charge in [-0.1, -0.05) is 17.7 Å². The minimum absolute atomic E-state index is 0.169. The maximum atomic E-state index is 11.6. The minimum atomic E-state index is -0.169. The van der Waals surface area contributed by atoms with Crippen molar-refractivity contribution in [1.29, 1.82) is 0 Å². The van der Waals surface area contributed by atoms with Gasteiger partial charge < -0.3 is 5.73 Å². The summed E-state index contributed by atoms with van der Waals surface area (Å²) in [5.41, 5.74) is 6.51. The van der Waals surface area contributed by atoms with Crippen LogP contribution in [0.2, 0.25) is 5.02 Å². The molecule has 4 heteroatoms. The predicted molar refractivity (Wildman–Crippen MR) is 61.5 cm³/mol. The number of aromatic nitrogens is 1. The standard InChI is InChI=1S/C11H9ClN2O/c12-8-2-1-3-10(6-8)14-5-4-9(13)7-11(14)15/h1-7H,13H2. The van der Waals surface area contributed by atoms with Gasteiger partial charge in [0.05, 0.1) is 5.69 Å². The van der Waals surface area contributed by atoms with Gasteiger partial charge in [0.1, 0.15) is 0 Å². The summed E-state index contributed by atoms with van der Waals surface area (Å²) in [6.45, 7) is 0. The van der Waals surface area contributed by atoms with Gasteiger partial charge in [-0.15, -0.1) is 0 Å². The van der Waals surface area contributed by atoms with E-state index in [2.05, 4.69) is 0 Å². The molecule has 1 aromatic heterocycles. The van der Waals surface area contributed by atoms with Gasteiger partial charge in [0.25, 0.3) is 5.56 Å². The van der Waals surface area contributed by atoms with Crippen molar-refractivity contribution in [2.75, 3.05) is 5.73 Å². The second kappa shape index (κ2) is 3.79. The van der Waals surface area contributed by atoms with E-state index in [1.165, 1.54) is 10.6 Å². The van der Waals surface area contributed by atoms with Crippen molar-refractivity contribution in [1.82, 2.24) is 4.57 Å². The van der Waals surface area contributed by atoms with Crippen LogP contribution in [-0.4, -0.2) is 4.57 Å². The van der Waals surface area contributed by atoms with Gasteiger partial charge in [-0.2, -0.15) is 0 Å². The zero-order valence-electron chi connectivity index (χ0n) is 7.85. The lowest BCUT2D eigenvalue weighted by Crippen LogP contribution is -2.16. The van der Waals surface area contributed by atoms with Crippen LogP contribution in [-0.2, 0) is 0 Å². The smallest absolute Gasteiger partial charge is 0.257 e. The molecular formula is C11H9ClN2O. The van der Waals surface area contributed by atoms with Crippen LogP contribution in [0.4, 0.5) is 5.69 Å². The number of rotatable bonds is 1. The third kappa shape index (κ3) is 2.02. The van der Waals surface area contributed by atoms with E-state index < -0.39 is 0 Å². The molecule has 2 N–H and O–H groups in total. The van der Waals surface area contributed by atoms with Crippen LogP contribution < -0.4 is 11.3 Å². The fourth-order valence-corrected chi connectivity index (χ4v) is 1.52. The lowest BCUT2D eigenvalue weighted by atomic mass is 10.3. The second-order valence-electron chi connectivity index (χ2n) is 3.15. The number of pyridine rings is 1. The zero-order chi connectivity index (χ0) is 10.8. The fourth-order valence-electron chi connectivity index (χ4n) is 1.33. The van der Waals surface area contributed by atoms with Crippen molar-refractivity contribution in [3.8, 4) is 5.69 Å². The molecule has 0 atom stereocenters. The van der Waals surface area contributed by atoms with E-state index in [-0.39, 0.29) is 5.56 Å². The van der Waals surface area contributed by atoms with Gasteiger partial charge in [-0.25, -0.2) is 0 Å². The van der Waals surface area contributed by atoms with Crippen molar-refractivity contribution in [3.05, 3.63) is 58.0 Å². The molecule has 0 saturated heterocycles. The summed E-state index contributed by atoms with van der Waals surface area (Å²) in [4.78, 5) is 11.6. The summed E-state index contributed by atoms with van der Waals surface area (Å²) in [6, 6.07) is 10.1. The first-order chi connectivity index (χ1) is 7.16. The van der Waals surface area contributed by atoms with Crippen LogP contribution in [0.15, 0.2) is 47.4 Å². The predicted octanol–water partition coefficient (Wildman–Crippen LogP) is 2.07. The van der Waals surface area contributed by atoms with E-state index in [4.69, 9.17) is 17.3 Å². The zero-order valence-corrected chi connectivity index (χ0v) is 8.61. The Labute approximate surface area is 91.7 Å². The maximum Gasteiger partial charge on any atom is 0.257 e. The Bertz CT molecular complexity index is 548. The normalized spacial score (nSPS) is 10.2. The first-order valence-electron chi connectivity index (χ1n) is 4.41. The highest BCUT2D eigenvalue weighted by molar-refractivity contribution is 6.30. The van der Waals surface area contributed by atoms with Crippen molar-refractivity contribution < 1.29 is 0 Å². The first kappa shape index (κ1) is 9.80. The number of halogens is 1. The Kier molecular flexibility index (Phi) is 2.47. The number of anilines is 1. The molecule has 0 saturated carbocycles. The van der Waals surface area contributed by atoms with Gasteiger partial charge in [0, 0.05) is 23.0 Å². The Morgan fingerprint density at radius 1 is 1.20 bits per heavy atom. The fraction of sp³-hybridized carbons (Fsp3) is 0. The van der Waals surface area contributed by atoms with E-state index in [0.29, 0.717) is 10.7 Å². The number of nitrogens with two attached hydrogens (primary N) is 1. The number of nitrogen functional groups attached to an aromatic ring is 1. The monoisotopic (exact) mass is 220 g/mol. The molecule has 0 radical (unpaired) electrons. The van der Waals surface area contributed by atoms with Gasteiger partial charge in [0.2, 0.25) is 0 Å². The van der Waals surface area contributed by atoms with E-state index in [9.17, 15) is 4.79 Å². The first-order valence-corrected chi connectivity index (χ1v) is 4.79. The Morgan fingerprint density at radius 3 is 2.67 bits per heavy atom. The lowest BCUT2D eigenvalue weighted by molar-refractivity contribution is 0.992.